The van der Waals surface area contributed by atoms with Crippen LogP contribution in [0.3, 0.4) is 0 Å². The van der Waals surface area contributed by atoms with Crippen molar-refractivity contribution in [3.8, 4) is 0 Å². The summed E-state index contributed by atoms with van der Waals surface area (Å²) in [5.74, 6) is -0.364. The van der Waals surface area contributed by atoms with Crippen LogP contribution in [-0.2, 0) is 0 Å². The van der Waals surface area contributed by atoms with Crippen molar-refractivity contribution in [3.63, 3.8) is 0 Å². The third-order valence-electron chi connectivity index (χ3n) is 4.25. The predicted octanol–water partition coefficient (Wildman–Crippen LogP) is 2.42. The molecule has 1 amide bonds. The van der Waals surface area contributed by atoms with E-state index >= 15 is 0 Å². The molecular weight excluding hydrogens is 274 g/mol. The minimum Gasteiger partial charge on any atom is -0.368 e. The smallest absolute Gasteiger partial charge is 0.250 e. The number of anilines is 2. The summed E-state index contributed by atoms with van der Waals surface area (Å²) in [5.41, 5.74) is 9.63. The van der Waals surface area contributed by atoms with E-state index in [0.29, 0.717) is 5.56 Å². The Morgan fingerprint density at radius 2 is 1.36 bits per heavy atom. The maximum Gasteiger partial charge on any atom is 0.250 e. The maximum absolute atomic E-state index is 11.6. The number of nitrogens with two attached hydrogens (primary N) is 1. The zero-order valence-electron chi connectivity index (χ0n) is 12.8. The molecule has 1 heterocycles. The van der Waals surface area contributed by atoms with Gasteiger partial charge in [0.05, 0.1) is 5.56 Å². The Kier molecular flexibility index (Phi) is 4.00. The van der Waals surface area contributed by atoms with E-state index in [4.69, 9.17) is 5.73 Å². The number of carbonyl (C=O) groups excluding carboxylic acids is 1. The normalized spacial score (nSPS) is 15.0. The lowest BCUT2D eigenvalue weighted by molar-refractivity contribution is 0.100. The van der Waals surface area contributed by atoms with Gasteiger partial charge in [-0.3, -0.25) is 4.79 Å². The Hall–Kier alpha value is -2.49. The van der Waals surface area contributed by atoms with E-state index in [1.807, 2.05) is 18.2 Å². The quantitative estimate of drug-likeness (QED) is 0.946. The van der Waals surface area contributed by atoms with Gasteiger partial charge in [0.2, 0.25) is 0 Å². The average molecular weight is 295 g/mol. The Bertz CT molecular complexity index is 676. The molecule has 1 fully saturated rings. The highest BCUT2D eigenvalue weighted by atomic mass is 16.1. The summed E-state index contributed by atoms with van der Waals surface area (Å²) in [6.07, 6.45) is 0. The molecule has 1 saturated heterocycles. The van der Waals surface area contributed by atoms with E-state index in [1.54, 1.807) is 6.07 Å². The van der Waals surface area contributed by atoms with Gasteiger partial charge in [-0.2, -0.15) is 0 Å². The van der Waals surface area contributed by atoms with E-state index in [1.165, 1.54) is 11.3 Å². The second kappa shape index (κ2) is 6.10. The second-order valence-electron chi connectivity index (χ2n) is 5.64. The monoisotopic (exact) mass is 295 g/mol. The summed E-state index contributed by atoms with van der Waals surface area (Å²) in [7, 11) is 0. The molecule has 22 heavy (non-hydrogen) atoms. The van der Waals surface area contributed by atoms with Crippen LogP contribution in [0.15, 0.2) is 48.5 Å². The Labute approximate surface area is 131 Å². The number of hydrogen-bond acceptors (Lipinski definition) is 3. The van der Waals surface area contributed by atoms with Crippen molar-refractivity contribution in [2.45, 2.75) is 6.92 Å². The van der Waals surface area contributed by atoms with Gasteiger partial charge in [0.15, 0.2) is 0 Å². The molecular formula is C18H21N3O. The molecule has 2 aromatic rings. The second-order valence-corrected chi connectivity index (χ2v) is 5.64. The highest BCUT2D eigenvalue weighted by molar-refractivity contribution is 5.98. The van der Waals surface area contributed by atoms with Crippen molar-refractivity contribution in [1.29, 1.82) is 0 Å². The molecule has 0 radical (unpaired) electrons. The summed E-state index contributed by atoms with van der Waals surface area (Å²) in [4.78, 5) is 16.2. The lowest BCUT2D eigenvalue weighted by Crippen LogP contribution is -2.47. The molecule has 2 aromatic carbocycles. The molecule has 0 aromatic heterocycles. The van der Waals surface area contributed by atoms with Crippen molar-refractivity contribution >= 4 is 17.3 Å². The van der Waals surface area contributed by atoms with Crippen LogP contribution in [0.25, 0.3) is 0 Å². The van der Waals surface area contributed by atoms with Crippen molar-refractivity contribution < 1.29 is 4.79 Å². The van der Waals surface area contributed by atoms with Gasteiger partial charge < -0.3 is 15.5 Å². The van der Waals surface area contributed by atoms with Crippen LogP contribution in [0, 0.1) is 6.92 Å². The molecule has 4 nitrogen and oxygen atoms in total. The summed E-state index contributed by atoms with van der Waals surface area (Å²) < 4.78 is 0. The first-order chi connectivity index (χ1) is 10.7. The van der Waals surface area contributed by atoms with Crippen LogP contribution in [0.1, 0.15) is 15.9 Å². The first kappa shape index (κ1) is 14.4. The molecule has 4 heteroatoms. The Morgan fingerprint density at radius 1 is 0.864 bits per heavy atom. The van der Waals surface area contributed by atoms with Gasteiger partial charge in [0.1, 0.15) is 0 Å². The topological polar surface area (TPSA) is 49.6 Å². The van der Waals surface area contributed by atoms with Crippen molar-refractivity contribution in [2.75, 3.05) is 36.0 Å². The Morgan fingerprint density at radius 3 is 1.95 bits per heavy atom. The summed E-state index contributed by atoms with van der Waals surface area (Å²) in [6, 6.07) is 16.0. The van der Waals surface area contributed by atoms with Gasteiger partial charge in [0.25, 0.3) is 5.91 Å². The van der Waals surface area contributed by atoms with E-state index in [9.17, 15) is 4.79 Å². The standard InChI is InChI=1S/C18H21N3O/c1-14-6-2-4-8-16(14)20-10-12-21(13-11-20)17-9-5-3-7-15(17)18(19)22/h2-9H,10-13H2,1H3,(H2,19,22). The van der Waals surface area contributed by atoms with Crippen LogP contribution in [0.5, 0.6) is 0 Å². The fraction of sp³-hybridized carbons (Fsp3) is 0.278. The van der Waals surface area contributed by atoms with Gasteiger partial charge in [-0.1, -0.05) is 30.3 Å². The molecule has 0 atom stereocenters. The fourth-order valence-corrected chi connectivity index (χ4v) is 3.06. The first-order valence-electron chi connectivity index (χ1n) is 7.61. The molecule has 0 saturated carbocycles. The minimum atomic E-state index is -0.364. The lowest BCUT2D eigenvalue weighted by atomic mass is 10.1. The van der Waals surface area contributed by atoms with Crippen LogP contribution in [0.4, 0.5) is 11.4 Å². The number of benzene rings is 2. The first-order valence-corrected chi connectivity index (χ1v) is 7.61. The van der Waals surface area contributed by atoms with E-state index < -0.39 is 0 Å². The van der Waals surface area contributed by atoms with Crippen LogP contribution < -0.4 is 15.5 Å². The number of amides is 1. The van der Waals surface area contributed by atoms with E-state index in [2.05, 4.69) is 41.0 Å². The van der Waals surface area contributed by atoms with Crippen LogP contribution >= 0.6 is 0 Å². The van der Waals surface area contributed by atoms with Crippen molar-refractivity contribution in [3.05, 3.63) is 59.7 Å². The molecule has 1 aliphatic heterocycles. The van der Waals surface area contributed by atoms with Gasteiger partial charge >= 0.3 is 0 Å². The predicted molar refractivity (Wildman–Crippen MR) is 90.6 cm³/mol. The zero-order valence-corrected chi connectivity index (χ0v) is 12.8. The average Bonchev–Trinajstić information content (AvgIpc) is 2.55. The number of nitrogens with zero attached hydrogens (tertiary/aromatic N) is 2. The van der Waals surface area contributed by atoms with Gasteiger partial charge in [-0.25, -0.2) is 0 Å². The number of rotatable bonds is 3. The number of carbonyl (C=O) groups is 1. The van der Waals surface area contributed by atoms with Gasteiger partial charge in [0, 0.05) is 37.6 Å². The van der Waals surface area contributed by atoms with Crippen molar-refractivity contribution in [1.82, 2.24) is 0 Å². The minimum absolute atomic E-state index is 0.364. The summed E-state index contributed by atoms with van der Waals surface area (Å²) >= 11 is 0. The Balaban J connectivity index is 1.75. The zero-order chi connectivity index (χ0) is 15.5. The molecule has 2 N–H and O–H groups in total. The fourth-order valence-electron chi connectivity index (χ4n) is 3.06. The largest absolute Gasteiger partial charge is 0.368 e. The highest BCUT2D eigenvalue weighted by Gasteiger charge is 2.21. The molecule has 114 valence electrons. The molecule has 3 rings (SSSR count). The molecule has 0 unspecified atom stereocenters. The number of aryl methyl sites for hydroxylation is 1. The SMILES string of the molecule is Cc1ccccc1N1CCN(c2ccccc2C(N)=O)CC1. The van der Waals surface area contributed by atoms with Crippen LogP contribution in [0.2, 0.25) is 0 Å². The number of hydrogen-bond donors (Lipinski definition) is 1. The lowest BCUT2D eigenvalue weighted by Gasteiger charge is -2.38. The molecule has 0 bridgehead atoms. The summed E-state index contributed by atoms with van der Waals surface area (Å²) in [6.45, 7) is 5.80. The molecule has 0 aliphatic carbocycles. The van der Waals surface area contributed by atoms with E-state index in [-0.39, 0.29) is 5.91 Å². The number of para-hydroxylation sites is 2. The molecule has 1 aliphatic rings. The van der Waals surface area contributed by atoms with E-state index in [0.717, 1.165) is 31.9 Å². The number of piperazine rings is 1. The number of primary amides is 1. The third-order valence-corrected chi connectivity index (χ3v) is 4.25. The summed E-state index contributed by atoms with van der Waals surface area (Å²) in [5, 5.41) is 0. The van der Waals surface area contributed by atoms with Crippen molar-refractivity contribution in [2.24, 2.45) is 5.73 Å². The highest BCUT2D eigenvalue weighted by Crippen LogP contribution is 2.25. The molecule has 0 spiro atoms. The third kappa shape index (κ3) is 2.77. The van der Waals surface area contributed by atoms with Gasteiger partial charge in [-0.15, -0.1) is 0 Å². The van der Waals surface area contributed by atoms with Gasteiger partial charge in [-0.05, 0) is 30.7 Å². The van der Waals surface area contributed by atoms with Crippen LogP contribution in [-0.4, -0.2) is 32.1 Å². The maximum atomic E-state index is 11.6.